The highest BCUT2D eigenvalue weighted by Gasteiger charge is 2.09. The van der Waals surface area contributed by atoms with Crippen molar-refractivity contribution in [1.82, 2.24) is 0 Å². The second kappa shape index (κ2) is 6.58. The second-order valence-corrected chi connectivity index (χ2v) is 5.15. The van der Waals surface area contributed by atoms with Gasteiger partial charge in [-0.15, -0.1) is 0 Å². The van der Waals surface area contributed by atoms with E-state index in [-0.39, 0.29) is 5.76 Å². The molecule has 0 spiro atoms. The Balaban J connectivity index is 1.82. The summed E-state index contributed by atoms with van der Waals surface area (Å²) in [7, 11) is 1.61. The smallest absolute Gasteiger partial charge is 0.185 e. The first-order valence-electron chi connectivity index (χ1n) is 6.86. The van der Waals surface area contributed by atoms with Crippen molar-refractivity contribution in [3.8, 4) is 28.6 Å². The van der Waals surface area contributed by atoms with Crippen LogP contribution in [-0.2, 0) is 0 Å². The lowest BCUT2D eigenvalue weighted by atomic mass is 10.1. The van der Waals surface area contributed by atoms with Crippen LogP contribution in [0.4, 0.5) is 0 Å². The van der Waals surface area contributed by atoms with Crippen LogP contribution in [-0.4, -0.2) is 13.4 Å². The van der Waals surface area contributed by atoms with Crippen molar-refractivity contribution < 1.29 is 18.7 Å². The van der Waals surface area contributed by atoms with E-state index in [1.807, 2.05) is 6.07 Å². The van der Waals surface area contributed by atoms with Gasteiger partial charge < -0.3 is 13.9 Å². The number of halogens is 1. The molecule has 0 atom stereocenters. The summed E-state index contributed by atoms with van der Waals surface area (Å²) in [6.07, 6.45) is 0.659. The van der Waals surface area contributed by atoms with Crippen LogP contribution in [0.3, 0.4) is 0 Å². The summed E-state index contributed by atoms with van der Waals surface area (Å²) in [6, 6.07) is 15.8. The number of hydrogen-bond donors (Lipinski definition) is 0. The number of benzene rings is 2. The van der Waals surface area contributed by atoms with E-state index in [1.54, 1.807) is 55.6 Å². The Labute approximate surface area is 138 Å². The molecule has 23 heavy (non-hydrogen) atoms. The largest absolute Gasteiger partial charge is 0.497 e. The standard InChI is InChI=1S/C18H13ClO4/c1-21-13-3-5-14(6-4-13)22-18-8-2-12(10-16(18)19)17-9-7-15(11-20)23-17/h2-11H,1H3. The molecule has 0 saturated carbocycles. The molecule has 0 aliphatic rings. The van der Waals surface area contributed by atoms with Crippen molar-refractivity contribution in [3.05, 3.63) is 65.4 Å². The van der Waals surface area contributed by atoms with Crippen LogP contribution >= 0.6 is 11.6 Å². The average molecular weight is 329 g/mol. The maximum absolute atomic E-state index is 10.7. The van der Waals surface area contributed by atoms with E-state index in [4.69, 9.17) is 25.5 Å². The van der Waals surface area contributed by atoms with Crippen molar-refractivity contribution >= 4 is 17.9 Å². The van der Waals surface area contributed by atoms with Crippen LogP contribution in [0.15, 0.2) is 59.0 Å². The first-order chi connectivity index (χ1) is 11.2. The Morgan fingerprint density at radius 2 is 1.74 bits per heavy atom. The minimum atomic E-state index is 0.273. The molecule has 0 N–H and O–H groups in total. The van der Waals surface area contributed by atoms with Gasteiger partial charge in [0.25, 0.3) is 0 Å². The van der Waals surface area contributed by atoms with Gasteiger partial charge >= 0.3 is 0 Å². The van der Waals surface area contributed by atoms with Crippen LogP contribution in [0, 0.1) is 0 Å². The fourth-order valence-electron chi connectivity index (χ4n) is 2.08. The summed E-state index contributed by atoms with van der Waals surface area (Å²) in [4.78, 5) is 10.7. The highest BCUT2D eigenvalue weighted by atomic mass is 35.5. The maximum Gasteiger partial charge on any atom is 0.185 e. The number of carbonyl (C=O) groups is 1. The number of hydrogen-bond acceptors (Lipinski definition) is 4. The summed E-state index contributed by atoms with van der Waals surface area (Å²) in [5, 5.41) is 0.447. The van der Waals surface area contributed by atoms with Gasteiger partial charge in [-0.3, -0.25) is 4.79 Å². The van der Waals surface area contributed by atoms with Gasteiger partial charge in [0.15, 0.2) is 12.0 Å². The molecule has 0 unspecified atom stereocenters. The van der Waals surface area contributed by atoms with Crippen LogP contribution in [0.5, 0.6) is 17.2 Å². The van der Waals surface area contributed by atoms with Gasteiger partial charge in [0.05, 0.1) is 12.1 Å². The Kier molecular flexibility index (Phi) is 4.35. The van der Waals surface area contributed by atoms with Crippen molar-refractivity contribution in [2.75, 3.05) is 7.11 Å². The zero-order valence-electron chi connectivity index (χ0n) is 12.3. The molecular weight excluding hydrogens is 316 g/mol. The summed E-state index contributed by atoms with van der Waals surface area (Å²) >= 11 is 6.27. The minimum Gasteiger partial charge on any atom is -0.497 e. The highest BCUT2D eigenvalue weighted by Crippen LogP contribution is 2.34. The second-order valence-electron chi connectivity index (χ2n) is 4.74. The first-order valence-corrected chi connectivity index (χ1v) is 7.24. The number of furan rings is 1. The van der Waals surface area contributed by atoms with Crippen molar-refractivity contribution in [2.45, 2.75) is 0 Å². The normalized spacial score (nSPS) is 10.3. The van der Waals surface area contributed by atoms with E-state index in [9.17, 15) is 4.79 Å². The summed E-state index contributed by atoms with van der Waals surface area (Å²) in [6.45, 7) is 0. The number of aldehydes is 1. The van der Waals surface area contributed by atoms with Gasteiger partial charge in [0, 0.05) is 5.56 Å². The van der Waals surface area contributed by atoms with Crippen LogP contribution in [0.25, 0.3) is 11.3 Å². The molecule has 3 aromatic rings. The number of methoxy groups -OCH3 is 1. The molecule has 0 fully saturated rings. The molecule has 0 radical (unpaired) electrons. The molecule has 1 aromatic heterocycles. The Bertz CT molecular complexity index is 821. The van der Waals surface area contributed by atoms with Crippen molar-refractivity contribution in [3.63, 3.8) is 0 Å². The molecule has 0 amide bonds. The maximum atomic E-state index is 10.7. The lowest BCUT2D eigenvalue weighted by molar-refractivity contribution is 0.110. The zero-order chi connectivity index (χ0) is 16.2. The molecule has 2 aromatic carbocycles. The molecule has 0 aliphatic carbocycles. The van der Waals surface area contributed by atoms with E-state index < -0.39 is 0 Å². The Morgan fingerprint density at radius 1 is 1.00 bits per heavy atom. The van der Waals surface area contributed by atoms with Crippen molar-refractivity contribution in [1.29, 1.82) is 0 Å². The molecular formula is C18H13ClO4. The predicted molar refractivity (Wildman–Crippen MR) is 87.6 cm³/mol. The molecule has 0 aliphatic heterocycles. The predicted octanol–water partition coefficient (Wildman–Crippen LogP) is 5.21. The van der Waals surface area contributed by atoms with E-state index in [0.717, 1.165) is 11.3 Å². The molecule has 4 nitrogen and oxygen atoms in total. The van der Waals surface area contributed by atoms with E-state index in [0.29, 0.717) is 28.6 Å². The Morgan fingerprint density at radius 3 is 2.35 bits per heavy atom. The quantitative estimate of drug-likeness (QED) is 0.603. The first kappa shape index (κ1) is 15.2. The van der Waals surface area contributed by atoms with Gasteiger partial charge in [0.2, 0.25) is 0 Å². The van der Waals surface area contributed by atoms with Crippen LogP contribution in [0.2, 0.25) is 5.02 Å². The van der Waals surface area contributed by atoms with E-state index in [2.05, 4.69) is 0 Å². The third-order valence-corrected chi connectivity index (χ3v) is 3.54. The number of ether oxygens (including phenoxy) is 2. The lowest BCUT2D eigenvalue weighted by Crippen LogP contribution is -1.87. The molecule has 3 rings (SSSR count). The highest BCUT2D eigenvalue weighted by molar-refractivity contribution is 6.32. The summed E-state index contributed by atoms with van der Waals surface area (Å²) in [5.41, 5.74) is 0.769. The average Bonchev–Trinajstić information content (AvgIpc) is 3.06. The molecule has 116 valence electrons. The van der Waals surface area contributed by atoms with Gasteiger partial charge in [-0.05, 0) is 54.6 Å². The van der Waals surface area contributed by atoms with E-state index in [1.165, 1.54) is 0 Å². The lowest BCUT2D eigenvalue weighted by Gasteiger charge is -2.09. The molecule has 0 saturated heterocycles. The summed E-state index contributed by atoms with van der Waals surface area (Å²) in [5.74, 6) is 2.78. The topological polar surface area (TPSA) is 48.7 Å². The van der Waals surface area contributed by atoms with Gasteiger partial charge in [0.1, 0.15) is 23.0 Å². The minimum absolute atomic E-state index is 0.273. The van der Waals surface area contributed by atoms with Crippen LogP contribution in [0.1, 0.15) is 10.6 Å². The number of rotatable bonds is 5. The molecule has 0 bridgehead atoms. The Hall–Kier alpha value is -2.72. The van der Waals surface area contributed by atoms with Crippen LogP contribution < -0.4 is 9.47 Å². The molecule has 1 heterocycles. The third-order valence-electron chi connectivity index (χ3n) is 3.25. The summed E-state index contributed by atoms with van der Waals surface area (Å²) < 4.78 is 16.2. The fourth-order valence-corrected chi connectivity index (χ4v) is 2.30. The fraction of sp³-hybridized carbons (Fsp3) is 0.0556. The van der Waals surface area contributed by atoms with Gasteiger partial charge in [-0.25, -0.2) is 0 Å². The third kappa shape index (κ3) is 3.38. The monoisotopic (exact) mass is 328 g/mol. The van der Waals surface area contributed by atoms with Crippen molar-refractivity contribution in [2.24, 2.45) is 0 Å². The van der Waals surface area contributed by atoms with Gasteiger partial charge in [-0.2, -0.15) is 0 Å². The number of carbonyl (C=O) groups excluding carboxylic acids is 1. The van der Waals surface area contributed by atoms with E-state index >= 15 is 0 Å². The SMILES string of the molecule is COc1ccc(Oc2ccc(-c3ccc(C=O)o3)cc2Cl)cc1. The molecule has 5 heteroatoms. The van der Waals surface area contributed by atoms with Gasteiger partial charge in [-0.1, -0.05) is 11.6 Å². The zero-order valence-corrected chi connectivity index (χ0v) is 13.0.